The zero-order valence-electron chi connectivity index (χ0n) is 12.0. The van der Waals surface area contributed by atoms with Gasteiger partial charge in [-0.15, -0.1) is 11.6 Å². The Morgan fingerprint density at radius 1 is 1.20 bits per heavy atom. The van der Waals surface area contributed by atoms with Crippen molar-refractivity contribution in [3.8, 4) is 0 Å². The van der Waals surface area contributed by atoms with Gasteiger partial charge in [0.15, 0.2) is 11.2 Å². The molecule has 2 heterocycles. The van der Waals surface area contributed by atoms with Crippen LogP contribution in [0.2, 0.25) is 0 Å². The van der Waals surface area contributed by atoms with Crippen LogP contribution in [-0.4, -0.2) is 18.7 Å². The third-order valence-corrected chi connectivity index (χ3v) is 3.72. The summed E-state index contributed by atoms with van der Waals surface area (Å²) in [4.78, 5) is 29.0. The number of alkyl halides is 1. The Hall–Kier alpha value is -1.56. The van der Waals surface area contributed by atoms with Gasteiger partial charge < -0.3 is 4.57 Å². The number of aromatic nitrogens is 4. The second-order valence-electron chi connectivity index (χ2n) is 4.73. The van der Waals surface area contributed by atoms with Crippen LogP contribution < -0.4 is 11.2 Å². The molecule has 0 bridgehead atoms. The number of unbranched alkanes of at least 4 members (excludes halogenated alkanes) is 1. The summed E-state index contributed by atoms with van der Waals surface area (Å²) in [5.74, 6) is 0.838. The molecule has 0 unspecified atom stereocenters. The highest BCUT2D eigenvalue weighted by molar-refractivity contribution is 6.16. The number of hydrogen-bond acceptors (Lipinski definition) is 3. The van der Waals surface area contributed by atoms with Crippen molar-refractivity contribution in [3.63, 3.8) is 0 Å². The van der Waals surface area contributed by atoms with Crippen molar-refractivity contribution in [3.05, 3.63) is 26.7 Å². The SMILES string of the molecule is CCCCn1c(=O)n(C)c(=O)c2c1nc(CCl)n2CC. The normalized spacial score (nSPS) is 11.4. The molecule has 0 aliphatic heterocycles. The average Bonchev–Trinajstić information content (AvgIpc) is 2.83. The number of imidazole rings is 1. The van der Waals surface area contributed by atoms with Crippen LogP contribution in [0.5, 0.6) is 0 Å². The maximum Gasteiger partial charge on any atom is 0.332 e. The van der Waals surface area contributed by atoms with E-state index in [1.807, 2.05) is 6.92 Å². The molecule has 0 radical (unpaired) electrons. The first-order valence-corrected chi connectivity index (χ1v) is 7.35. The first-order chi connectivity index (χ1) is 9.56. The Morgan fingerprint density at radius 3 is 2.45 bits per heavy atom. The molecule has 0 atom stereocenters. The number of rotatable bonds is 5. The molecule has 6 nitrogen and oxygen atoms in total. The van der Waals surface area contributed by atoms with E-state index in [-0.39, 0.29) is 17.1 Å². The molecule has 0 saturated heterocycles. The summed E-state index contributed by atoms with van der Waals surface area (Å²) in [5, 5.41) is 0. The molecule has 0 N–H and O–H groups in total. The molecule has 0 spiro atoms. The molecule has 0 aliphatic rings. The quantitative estimate of drug-likeness (QED) is 0.785. The lowest BCUT2D eigenvalue weighted by atomic mass is 10.3. The van der Waals surface area contributed by atoms with E-state index in [9.17, 15) is 9.59 Å². The topological polar surface area (TPSA) is 61.8 Å². The van der Waals surface area contributed by atoms with Gasteiger partial charge in [0.1, 0.15) is 5.82 Å². The Labute approximate surface area is 121 Å². The number of fused-ring (bicyclic) bond motifs is 1. The van der Waals surface area contributed by atoms with Crippen molar-refractivity contribution in [2.75, 3.05) is 0 Å². The molecule has 7 heteroatoms. The van der Waals surface area contributed by atoms with Crippen molar-refractivity contribution < 1.29 is 0 Å². The van der Waals surface area contributed by atoms with E-state index in [1.165, 1.54) is 7.05 Å². The molecule has 0 aliphatic carbocycles. The highest BCUT2D eigenvalue weighted by Crippen LogP contribution is 2.13. The highest BCUT2D eigenvalue weighted by atomic mass is 35.5. The fourth-order valence-corrected chi connectivity index (χ4v) is 2.57. The van der Waals surface area contributed by atoms with Crippen molar-refractivity contribution in [2.45, 2.75) is 45.7 Å². The van der Waals surface area contributed by atoms with Crippen LogP contribution in [0.15, 0.2) is 9.59 Å². The maximum absolute atomic E-state index is 12.3. The summed E-state index contributed by atoms with van der Waals surface area (Å²) in [6.45, 7) is 5.14. The minimum atomic E-state index is -0.321. The first kappa shape index (κ1) is 14.8. The van der Waals surface area contributed by atoms with Crippen LogP contribution in [0, 0.1) is 0 Å². The molecule has 2 aromatic rings. The van der Waals surface area contributed by atoms with Gasteiger partial charge in [-0.05, 0) is 13.3 Å². The lowest BCUT2D eigenvalue weighted by Gasteiger charge is -2.09. The highest BCUT2D eigenvalue weighted by Gasteiger charge is 2.18. The standard InChI is InChI=1S/C13H19ClN4O2/c1-4-6-7-18-11-10(12(19)16(3)13(18)20)17(5-2)9(8-14)15-11/h4-8H2,1-3H3. The Balaban J connectivity index is 2.89. The van der Waals surface area contributed by atoms with Gasteiger partial charge in [0, 0.05) is 20.1 Å². The van der Waals surface area contributed by atoms with Crippen molar-refractivity contribution in [1.29, 1.82) is 0 Å². The minimum Gasteiger partial charge on any atom is -0.321 e. The average molecular weight is 299 g/mol. The van der Waals surface area contributed by atoms with Gasteiger partial charge in [0.25, 0.3) is 5.56 Å². The van der Waals surface area contributed by atoms with Crippen LogP contribution in [-0.2, 0) is 26.0 Å². The van der Waals surface area contributed by atoms with E-state index in [1.54, 1.807) is 9.13 Å². The van der Waals surface area contributed by atoms with Crippen LogP contribution in [0.3, 0.4) is 0 Å². The lowest BCUT2D eigenvalue weighted by molar-refractivity contribution is 0.583. The van der Waals surface area contributed by atoms with Crippen molar-refractivity contribution in [1.82, 2.24) is 18.7 Å². The fraction of sp³-hybridized carbons (Fsp3) is 0.615. The molecule has 2 aromatic heterocycles. The summed E-state index contributed by atoms with van der Waals surface area (Å²) >= 11 is 5.89. The molecule has 0 amide bonds. The Kier molecular flexibility index (Phi) is 4.32. The van der Waals surface area contributed by atoms with E-state index < -0.39 is 0 Å². The van der Waals surface area contributed by atoms with Gasteiger partial charge >= 0.3 is 5.69 Å². The molecular weight excluding hydrogens is 280 g/mol. The first-order valence-electron chi connectivity index (χ1n) is 6.81. The van der Waals surface area contributed by atoms with Crippen molar-refractivity contribution >= 4 is 22.8 Å². The summed E-state index contributed by atoms with van der Waals surface area (Å²) in [7, 11) is 1.50. The van der Waals surface area contributed by atoms with Gasteiger partial charge in [-0.2, -0.15) is 0 Å². The van der Waals surface area contributed by atoms with E-state index in [0.29, 0.717) is 30.1 Å². The third-order valence-electron chi connectivity index (χ3n) is 3.48. The number of aryl methyl sites for hydroxylation is 2. The lowest BCUT2D eigenvalue weighted by Crippen LogP contribution is -2.38. The zero-order chi connectivity index (χ0) is 14.9. The van der Waals surface area contributed by atoms with Crippen LogP contribution >= 0.6 is 11.6 Å². The summed E-state index contributed by atoms with van der Waals surface area (Å²) in [6.07, 6.45) is 1.83. The van der Waals surface area contributed by atoms with E-state index in [4.69, 9.17) is 11.6 Å². The van der Waals surface area contributed by atoms with Gasteiger partial charge in [0.05, 0.1) is 5.88 Å². The van der Waals surface area contributed by atoms with Gasteiger partial charge in [-0.25, -0.2) is 9.78 Å². The second-order valence-corrected chi connectivity index (χ2v) is 5.00. The fourth-order valence-electron chi connectivity index (χ4n) is 2.36. The molecular formula is C13H19ClN4O2. The van der Waals surface area contributed by atoms with E-state index in [2.05, 4.69) is 11.9 Å². The molecule has 0 aromatic carbocycles. The predicted molar refractivity (Wildman–Crippen MR) is 79.4 cm³/mol. The number of hydrogen-bond donors (Lipinski definition) is 0. The molecule has 0 fully saturated rings. The molecule has 0 saturated carbocycles. The van der Waals surface area contributed by atoms with E-state index in [0.717, 1.165) is 17.4 Å². The summed E-state index contributed by atoms with van der Waals surface area (Å²) in [6, 6.07) is 0. The van der Waals surface area contributed by atoms with Crippen LogP contribution in [0.25, 0.3) is 11.2 Å². The Morgan fingerprint density at radius 2 is 1.90 bits per heavy atom. The zero-order valence-corrected chi connectivity index (χ0v) is 12.8. The smallest absolute Gasteiger partial charge is 0.321 e. The predicted octanol–water partition coefficient (Wildman–Crippen LogP) is 1.46. The molecule has 2 rings (SSSR count). The summed E-state index contributed by atoms with van der Waals surface area (Å²) < 4.78 is 4.50. The van der Waals surface area contributed by atoms with Gasteiger partial charge in [-0.3, -0.25) is 13.9 Å². The van der Waals surface area contributed by atoms with Gasteiger partial charge in [0.2, 0.25) is 0 Å². The molecule has 110 valence electrons. The van der Waals surface area contributed by atoms with Crippen LogP contribution in [0.4, 0.5) is 0 Å². The van der Waals surface area contributed by atoms with Gasteiger partial charge in [-0.1, -0.05) is 13.3 Å². The monoisotopic (exact) mass is 298 g/mol. The largest absolute Gasteiger partial charge is 0.332 e. The number of nitrogens with zero attached hydrogens (tertiary/aromatic N) is 4. The molecule has 20 heavy (non-hydrogen) atoms. The maximum atomic E-state index is 12.3. The van der Waals surface area contributed by atoms with E-state index >= 15 is 0 Å². The number of halogens is 1. The van der Waals surface area contributed by atoms with Crippen molar-refractivity contribution in [2.24, 2.45) is 7.05 Å². The third kappa shape index (κ3) is 2.18. The van der Waals surface area contributed by atoms with Crippen LogP contribution in [0.1, 0.15) is 32.5 Å². The second kappa shape index (κ2) is 5.83. The summed E-state index contributed by atoms with van der Waals surface area (Å²) in [5.41, 5.74) is 0.270. The minimum absolute atomic E-state index is 0.216. The Bertz CT molecular complexity index is 741.